The summed E-state index contributed by atoms with van der Waals surface area (Å²) in [5.41, 5.74) is 1.38. The second-order valence-electron chi connectivity index (χ2n) is 6.19. The van der Waals surface area contributed by atoms with Gasteiger partial charge in [-0.15, -0.1) is 0 Å². The number of fused-ring (bicyclic) bond motifs is 1. The third kappa shape index (κ3) is 3.01. The number of benzene rings is 1. The van der Waals surface area contributed by atoms with Crippen LogP contribution >= 0.6 is 0 Å². The van der Waals surface area contributed by atoms with Gasteiger partial charge in [0, 0.05) is 19.2 Å². The first-order chi connectivity index (χ1) is 12.1. The fraction of sp³-hybridized carbons (Fsp3) is 0.353. The van der Waals surface area contributed by atoms with Gasteiger partial charge in [-0.3, -0.25) is 4.57 Å². The monoisotopic (exact) mass is 341 g/mol. The predicted molar refractivity (Wildman–Crippen MR) is 92.1 cm³/mol. The molecule has 2 aromatic rings. The van der Waals surface area contributed by atoms with E-state index in [0.717, 1.165) is 16.1 Å². The minimum atomic E-state index is -0.500. The summed E-state index contributed by atoms with van der Waals surface area (Å²) in [6.45, 7) is 0.958. The van der Waals surface area contributed by atoms with Gasteiger partial charge in [0.2, 0.25) is 11.8 Å². The minimum absolute atomic E-state index is 0.0487. The average Bonchev–Trinajstić information content (AvgIpc) is 3.17. The molecule has 0 saturated carbocycles. The number of rotatable bonds is 3. The van der Waals surface area contributed by atoms with Crippen molar-refractivity contribution in [1.82, 2.24) is 9.55 Å². The number of nitrogens with zero attached hydrogens (tertiary/aromatic N) is 4. The summed E-state index contributed by atoms with van der Waals surface area (Å²) in [6.07, 6.45) is 3.57. The molecule has 0 radical (unpaired) electrons. The molecule has 1 fully saturated rings. The standard InChI is InChI=1S/C17H19N5O3/c1-22-16(24)13(7-10-2-3-12-11(6-10)8-18-21-12)19-17(22)20-14-9-25-5-4-15(14)23/h2-3,6-8,14-15,23-24H,4-5,9H2,1H3,(H,19,20)/t14-,15-/m1/s1. The van der Waals surface area contributed by atoms with E-state index in [9.17, 15) is 10.2 Å². The van der Waals surface area contributed by atoms with E-state index in [1.54, 1.807) is 23.9 Å². The predicted octanol–water partition coefficient (Wildman–Crippen LogP) is -0.517. The molecule has 2 atom stereocenters. The highest BCUT2D eigenvalue weighted by atomic mass is 16.5. The molecule has 1 aromatic heterocycles. The summed E-state index contributed by atoms with van der Waals surface area (Å²) in [6, 6.07) is 5.47. The number of hydrogen-bond acceptors (Lipinski definition) is 7. The summed E-state index contributed by atoms with van der Waals surface area (Å²) in [4.78, 5) is 4.45. The zero-order valence-electron chi connectivity index (χ0n) is 13.8. The third-order valence-corrected chi connectivity index (χ3v) is 4.44. The van der Waals surface area contributed by atoms with Crippen LogP contribution in [0.3, 0.4) is 0 Å². The van der Waals surface area contributed by atoms with E-state index < -0.39 is 6.10 Å². The van der Waals surface area contributed by atoms with Gasteiger partial charge in [-0.2, -0.15) is 10.2 Å². The molecule has 0 bridgehead atoms. The molecule has 0 spiro atoms. The van der Waals surface area contributed by atoms with Gasteiger partial charge in [0.25, 0.3) is 0 Å². The number of anilines is 1. The Morgan fingerprint density at radius 2 is 2.28 bits per heavy atom. The molecule has 25 heavy (non-hydrogen) atoms. The first-order valence-electron chi connectivity index (χ1n) is 8.13. The smallest absolute Gasteiger partial charge is 0.220 e. The molecule has 1 saturated heterocycles. The molecule has 0 unspecified atom stereocenters. The van der Waals surface area contributed by atoms with E-state index in [1.807, 2.05) is 18.2 Å². The molecule has 8 nitrogen and oxygen atoms in total. The van der Waals surface area contributed by atoms with Gasteiger partial charge in [-0.25, -0.2) is 4.98 Å². The molecule has 3 N–H and O–H groups in total. The third-order valence-electron chi connectivity index (χ3n) is 4.44. The largest absolute Gasteiger partial charge is 0.493 e. The second-order valence-corrected chi connectivity index (χ2v) is 6.19. The first kappa shape index (κ1) is 15.8. The van der Waals surface area contributed by atoms with Gasteiger partial charge in [0.1, 0.15) is 5.69 Å². The lowest BCUT2D eigenvalue weighted by atomic mass is 10.1. The number of imidazole rings is 1. The van der Waals surface area contributed by atoms with Crippen LogP contribution in [0.4, 0.5) is 5.95 Å². The van der Waals surface area contributed by atoms with E-state index in [4.69, 9.17) is 4.74 Å². The summed E-state index contributed by atoms with van der Waals surface area (Å²) in [7, 11) is 1.71. The van der Waals surface area contributed by atoms with Crippen LogP contribution in [0.15, 0.2) is 28.4 Å². The number of aliphatic hydroxyl groups is 1. The Morgan fingerprint density at radius 3 is 3.12 bits per heavy atom. The lowest BCUT2D eigenvalue weighted by molar-refractivity contribution is 0.00285. The highest BCUT2D eigenvalue weighted by Gasteiger charge is 2.25. The first-order valence-corrected chi connectivity index (χ1v) is 8.13. The fourth-order valence-corrected chi connectivity index (χ4v) is 2.94. The molecular weight excluding hydrogens is 322 g/mol. The van der Waals surface area contributed by atoms with Gasteiger partial charge in [0.15, 0.2) is 0 Å². The van der Waals surface area contributed by atoms with E-state index in [1.165, 1.54) is 0 Å². The van der Waals surface area contributed by atoms with E-state index in [2.05, 4.69) is 20.5 Å². The number of aliphatic hydroxyl groups excluding tert-OH is 1. The van der Waals surface area contributed by atoms with E-state index >= 15 is 0 Å². The minimum Gasteiger partial charge on any atom is -0.493 e. The number of hydrogen-bond donors (Lipinski definition) is 3. The van der Waals surface area contributed by atoms with Crippen LogP contribution in [-0.2, 0) is 11.8 Å². The van der Waals surface area contributed by atoms with Crippen molar-refractivity contribution in [1.29, 1.82) is 0 Å². The average molecular weight is 341 g/mol. The molecule has 4 rings (SSSR count). The molecule has 130 valence electrons. The number of aromatic nitrogens is 2. The SMILES string of the molecule is Cn1c(N[C@@H]2COCC[C@H]2O)nc(C=c2ccc3c(c2)C=NN=3)c1O. The normalized spacial score (nSPS) is 22.7. The van der Waals surface area contributed by atoms with Crippen LogP contribution in [0.1, 0.15) is 17.7 Å². The Morgan fingerprint density at radius 1 is 1.40 bits per heavy atom. The maximum Gasteiger partial charge on any atom is 0.220 e. The maximum atomic E-state index is 10.4. The highest BCUT2D eigenvalue weighted by Crippen LogP contribution is 2.23. The van der Waals surface area contributed by atoms with Crippen molar-refractivity contribution in [3.63, 3.8) is 0 Å². The number of nitrogens with one attached hydrogen (secondary N) is 1. The van der Waals surface area contributed by atoms with E-state index in [-0.39, 0.29) is 11.9 Å². The lowest BCUT2D eigenvalue weighted by Gasteiger charge is -2.28. The van der Waals surface area contributed by atoms with Crippen molar-refractivity contribution in [3.8, 4) is 5.88 Å². The fourth-order valence-electron chi connectivity index (χ4n) is 2.94. The summed E-state index contributed by atoms with van der Waals surface area (Å²) in [5, 5.41) is 33.2. The van der Waals surface area contributed by atoms with Crippen molar-refractivity contribution in [2.75, 3.05) is 18.5 Å². The van der Waals surface area contributed by atoms with E-state index in [0.29, 0.717) is 31.3 Å². The molecule has 8 heteroatoms. The topological polar surface area (TPSA) is 104 Å². The second kappa shape index (κ2) is 6.30. The summed E-state index contributed by atoms with van der Waals surface area (Å²) in [5.74, 6) is 0.531. The van der Waals surface area contributed by atoms with Crippen molar-refractivity contribution in [2.24, 2.45) is 17.3 Å². The van der Waals surface area contributed by atoms with Crippen LogP contribution in [-0.4, -0.2) is 51.3 Å². The molecule has 0 aliphatic carbocycles. The summed E-state index contributed by atoms with van der Waals surface area (Å²) < 4.78 is 6.94. The molecule has 3 heterocycles. The van der Waals surface area contributed by atoms with Gasteiger partial charge >= 0.3 is 0 Å². The highest BCUT2D eigenvalue weighted by molar-refractivity contribution is 5.80. The molecule has 2 aliphatic heterocycles. The maximum absolute atomic E-state index is 10.4. The lowest BCUT2D eigenvalue weighted by Crippen LogP contribution is -2.42. The zero-order chi connectivity index (χ0) is 17.4. The summed E-state index contributed by atoms with van der Waals surface area (Å²) >= 11 is 0. The number of ether oxygens (including phenoxy) is 1. The molecule has 0 amide bonds. The number of aromatic hydroxyl groups is 1. The Balaban J connectivity index is 1.64. The van der Waals surface area contributed by atoms with Crippen LogP contribution in [0.25, 0.3) is 6.08 Å². The molecular formula is C17H19N5O3. The Labute approximate surface area is 143 Å². The van der Waals surface area contributed by atoms with Crippen LogP contribution < -0.4 is 15.9 Å². The Bertz CT molecular complexity index is 950. The zero-order valence-corrected chi connectivity index (χ0v) is 13.8. The van der Waals surface area contributed by atoms with Crippen LogP contribution in [0.2, 0.25) is 0 Å². The molecule has 2 aliphatic rings. The van der Waals surface area contributed by atoms with Crippen molar-refractivity contribution >= 4 is 18.2 Å². The van der Waals surface area contributed by atoms with Crippen molar-refractivity contribution in [3.05, 3.63) is 40.0 Å². The Hall–Kier alpha value is -2.71. The van der Waals surface area contributed by atoms with Crippen molar-refractivity contribution in [2.45, 2.75) is 18.6 Å². The van der Waals surface area contributed by atoms with Crippen molar-refractivity contribution < 1.29 is 14.9 Å². The van der Waals surface area contributed by atoms with Gasteiger partial charge in [-0.1, -0.05) is 6.07 Å². The molecule has 1 aromatic carbocycles. The Kier molecular flexibility index (Phi) is 3.98. The van der Waals surface area contributed by atoms with Gasteiger partial charge < -0.3 is 20.3 Å². The van der Waals surface area contributed by atoms with Gasteiger partial charge in [0.05, 0.1) is 30.3 Å². The van der Waals surface area contributed by atoms with Crippen LogP contribution in [0, 0.1) is 0 Å². The van der Waals surface area contributed by atoms with Gasteiger partial charge in [-0.05, 0) is 29.8 Å². The van der Waals surface area contributed by atoms with Crippen LogP contribution in [0.5, 0.6) is 5.88 Å². The quantitative estimate of drug-likeness (QED) is 0.697.